The Morgan fingerprint density at radius 3 is 2.53 bits per heavy atom. The topological polar surface area (TPSA) is 26.0 Å². The zero-order valence-corrected chi connectivity index (χ0v) is 11.7. The molecule has 0 saturated carbocycles. The van der Waals surface area contributed by atoms with Crippen LogP contribution in [0.1, 0.15) is 44.4 Å². The van der Waals surface area contributed by atoms with Crippen molar-refractivity contribution in [1.29, 1.82) is 0 Å². The second-order valence-electron chi connectivity index (χ2n) is 5.39. The molecule has 0 aromatic heterocycles. The van der Waals surface area contributed by atoms with E-state index in [4.69, 9.17) is 17.3 Å². The van der Waals surface area contributed by atoms with Gasteiger partial charge in [-0.1, -0.05) is 29.7 Å². The Hall–Kier alpha value is -0.970. The highest BCUT2D eigenvalue weighted by Gasteiger charge is 2.09. The Bertz CT molecular complexity index is 446. The van der Waals surface area contributed by atoms with Crippen LogP contribution in [0.2, 0.25) is 5.02 Å². The molecule has 2 heteroatoms. The second-order valence-corrected chi connectivity index (χ2v) is 5.79. The van der Waals surface area contributed by atoms with Crippen molar-refractivity contribution in [3.8, 4) is 11.8 Å². The largest absolute Gasteiger partial charge is 0.323 e. The summed E-state index contributed by atoms with van der Waals surface area (Å²) in [5, 5.41) is 0.732. The van der Waals surface area contributed by atoms with E-state index < -0.39 is 0 Å². The molecule has 1 nitrogen and oxygen atoms in total. The lowest BCUT2D eigenvalue weighted by Crippen LogP contribution is -2.10. The van der Waals surface area contributed by atoms with E-state index in [9.17, 15) is 0 Å². The number of benzene rings is 1. The lowest BCUT2D eigenvalue weighted by molar-refractivity contribution is 0.569. The first kappa shape index (κ1) is 14.1. The standard InChI is InChI=1S/C15H20ClN/c1-11-7-8-12(13(16)10-11)14(17)6-5-9-15(2,3)4/h7-8,10,14H,6,17H2,1-4H3. The molecule has 0 aliphatic carbocycles. The molecule has 1 atom stereocenters. The SMILES string of the molecule is Cc1ccc(C(N)CC#CC(C)(C)C)c(Cl)c1. The van der Waals surface area contributed by atoms with Crippen molar-refractivity contribution in [2.45, 2.75) is 40.2 Å². The summed E-state index contributed by atoms with van der Waals surface area (Å²) >= 11 is 6.17. The molecular weight excluding hydrogens is 230 g/mol. The molecule has 0 bridgehead atoms. The normalized spacial score (nSPS) is 12.8. The fraction of sp³-hybridized carbons (Fsp3) is 0.467. The summed E-state index contributed by atoms with van der Waals surface area (Å²) in [7, 11) is 0. The smallest absolute Gasteiger partial charge is 0.0456 e. The molecule has 0 spiro atoms. The van der Waals surface area contributed by atoms with E-state index in [1.165, 1.54) is 0 Å². The van der Waals surface area contributed by atoms with Gasteiger partial charge in [0, 0.05) is 22.9 Å². The molecule has 0 aliphatic heterocycles. The van der Waals surface area contributed by atoms with Crippen LogP contribution in [0.3, 0.4) is 0 Å². The maximum Gasteiger partial charge on any atom is 0.0456 e. The summed E-state index contributed by atoms with van der Waals surface area (Å²) < 4.78 is 0. The molecule has 0 radical (unpaired) electrons. The van der Waals surface area contributed by atoms with Crippen LogP contribution >= 0.6 is 11.6 Å². The molecule has 0 fully saturated rings. The Labute approximate surface area is 109 Å². The van der Waals surface area contributed by atoms with E-state index in [0.29, 0.717) is 6.42 Å². The summed E-state index contributed by atoms with van der Waals surface area (Å²) in [4.78, 5) is 0. The average molecular weight is 250 g/mol. The van der Waals surface area contributed by atoms with Gasteiger partial charge in [-0.05, 0) is 44.9 Å². The average Bonchev–Trinajstić information content (AvgIpc) is 2.15. The van der Waals surface area contributed by atoms with Crippen molar-refractivity contribution >= 4 is 11.6 Å². The molecule has 1 aromatic carbocycles. The molecule has 0 saturated heterocycles. The third-order valence-corrected chi connectivity index (χ3v) is 2.67. The van der Waals surface area contributed by atoms with Gasteiger partial charge in [0.2, 0.25) is 0 Å². The minimum absolute atomic E-state index is 0.0246. The Balaban J connectivity index is 2.76. The highest BCUT2D eigenvalue weighted by molar-refractivity contribution is 6.31. The van der Waals surface area contributed by atoms with Crippen molar-refractivity contribution in [2.24, 2.45) is 11.1 Å². The van der Waals surface area contributed by atoms with Crippen molar-refractivity contribution in [2.75, 3.05) is 0 Å². The molecule has 2 N–H and O–H groups in total. The van der Waals surface area contributed by atoms with Crippen LogP contribution in [-0.4, -0.2) is 0 Å². The molecule has 1 unspecified atom stereocenters. The Kier molecular flexibility index (Phi) is 4.62. The fourth-order valence-corrected chi connectivity index (χ4v) is 1.84. The highest BCUT2D eigenvalue weighted by atomic mass is 35.5. The first-order chi connectivity index (χ1) is 7.79. The Morgan fingerprint density at radius 1 is 1.35 bits per heavy atom. The zero-order valence-electron chi connectivity index (χ0n) is 11.0. The minimum Gasteiger partial charge on any atom is -0.323 e. The molecular formula is C15H20ClN. The van der Waals surface area contributed by atoms with Gasteiger partial charge in [-0.2, -0.15) is 0 Å². The fourth-order valence-electron chi connectivity index (χ4n) is 1.47. The first-order valence-corrected chi connectivity index (χ1v) is 6.19. The monoisotopic (exact) mass is 249 g/mol. The van der Waals surface area contributed by atoms with E-state index in [1.54, 1.807) is 0 Å². The summed E-state index contributed by atoms with van der Waals surface area (Å²) in [5.74, 6) is 6.31. The van der Waals surface area contributed by atoms with Crippen LogP contribution in [-0.2, 0) is 0 Å². The third-order valence-electron chi connectivity index (χ3n) is 2.34. The van der Waals surface area contributed by atoms with Crippen LogP contribution in [0.25, 0.3) is 0 Å². The van der Waals surface area contributed by atoms with Crippen molar-refractivity contribution in [3.63, 3.8) is 0 Å². The zero-order chi connectivity index (χ0) is 13.1. The van der Waals surface area contributed by atoms with Crippen LogP contribution in [0.5, 0.6) is 0 Å². The number of nitrogens with two attached hydrogens (primary N) is 1. The summed E-state index contributed by atoms with van der Waals surface area (Å²) in [6, 6.07) is 5.84. The maximum atomic E-state index is 6.17. The summed E-state index contributed by atoms with van der Waals surface area (Å²) in [6.45, 7) is 8.28. The number of hydrogen-bond donors (Lipinski definition) is 1. The van der Waals surface area contributed by atoms with Gasteiger partial charge in [-0.25, -0.2) is 0 Å². The van der Waals surface area contributed by atoms with Crippen molar-refractivity contribution in [1.82, 2.24) is 0 Å². The lowest BCUT2D eigenvalue weighted by atomic mass is 9.96. The van der Waals surface area contributed by atoms with E-state index in [1.807, 2.05) is 25.1 Å². The number of rotatable bonds is 2. The highest BCUT2D eigenvalue weighted by Crippen LogP contribution is 2.24. The van der Waals surface area contributed by atoms with E-state index in [-0.39, 0.29) is 11.5 Å². The van der Waals surface area contributed by atoms with Gasteiger partial charge < -0.3 is 5.73 Å². The quantitative estimate of drug-likeness (QED) is 0.785. The van der Waals surface area contributed by atoms with Crippen LogP contribution in [0, 0.1) is 24.2 Å². The number of halogens is 1. The van der Waals surface area contributed by atoms with E-state index >= 15 is 0 Å². The van der Waals surface area contributed by atoms with Gasteiger partial charge in [-0.15, -0.1) is 5.92 Å². The van der Waals surface area contributed by atoms with Gasteiger partial charge in [0.1, 0.15) is 0 Å². The van der Waals surface area contributed by atoms with Crippen molar-refractivity contribution in [3.05, 3.63) is 34.3 Å². The number of hydrogen-bond acceptors (Lipinski definition) is 1. The molecule has 0 amide bonds. The van der Waals surface area contributed by atoms with E-state index in [0.717, 1.165) is 16.1 Å². The first-order valence-electron chi connectivity index (χ1n) is 5.81. The van der Waals surface area contributed by atoms with Crippen molar-refractivity contribution < 1.29 is 0 Å². The third kappa shape index (κ3) is 4.81. The van der Waals surface area contributed by atoms with Gasteiger partial charge in [0.05, 0.1) is 0 Å². The molecule has 0 heterocycles. The second kappa shape index (κ2) is 5.58. The minimum atomic E-state index is -0.113. The van der Waals surface area contributed by atoms with Crippen LogP contribution in [0.15, 0.2) is 18.2 Å². The number of aryl methyl sites for hydroxylation is 1. The van der Waals surface area contributed by atoms with Gasteiger partial charge in [-0.3, -0.25) is 0 Å². The Morgan fingerprint density at radius 2 is 2.00 bits per heavy atom. The summed E-state index contributed by atoms with van der Waals surface area (Å²) in [6.07, 6.45) is 0.639. The van der Waals surface area contributed by atoms with Gasteiger partial charge in [0.15, 0.2) is 0 Å². The van der Waals surface area contributed by atoms with Crippen LogP contribution < -0.4 is 5.73 Å². The van der Waals surface area contributed by atoms with Gasteiger partial charge >= 0.3 is 0 Å². The predicted octanol–water partition coefficient (Wildman–Crippen LogP) is 4.09. The molecule has 0 aliphatic rings. The maximum absolute atomic E-state index is 6.17. The molecule has 17 heavy (non-hydrogen) atoms. The molecule has 1 rings (SSSR count). The van der Waals surface area contributed by atoms with E-state index in [2.05, 4.69) is 32.6 Å². The predicted molar refractivity (Wildman–Crippen MR) is 75.0 cm³/mol. The molecule has 92 valence electrons. The summed E-state index contributed by atoms with van der Waals surface area (Å²) in [5.41, 5.74) is 8.23. The van der Waals surface area contributed by atoms with Gasteiger partial charge in [0.25, 0.3) is 0 Å². The molecule has 1 aromatic rings. The van der Waals surface area contributed by atoms with Crippen LogP contribution in [0.4, 0.5) is 0 Å². The lowest BCUT2D eigenvalue weighted by Gasteiger charge is -2.12.